The molecule has 9 heteroatoms. The van der Waals surface area contributed by atoms with Crippen molar-refractivity contribution < 1.29 is 26.3 Å². The van der Waals surface area contributed by atoms with Gasteiger partial charge in [-0.1, -0.05) is 6.07 Å². The average molecular weight is 378 g/mol. The summed E-state index contributed by atoms with van der Waals surface area (Å²) < 4.78 is 70.9. The maximum absolute atomic E-state index is 12.9. The zero-order chi connectivity index (χ0) is 18.1. The van der Waals surface area contributed by atoms with Crippen LogP contribution < -0.4 is 0 Å². The van der Waals surface area contributed by atoms with Gasteiger partial charge < -0.3 is 4.74 Å². The van der Waals surface area contributed by atoms with Crippen molar-refractivity contribution in [2.75, 3.05) is 39.4 Å². The lowest BCUT2D eigenvalue weighted by molar-refractivity contribution is -0.137. The molecule has 0 radical (unpaired) electrons. The maximum atomic E-state index is 12.9. The Morgan fingerprint density at radius 3 is 2.52 bits per heavy atom. The van der Waals surface area contributed by atoms with Gasteiger partial charge in [0, 0.05) is 32.2 Å². The first kappa shape index (κ1) is 18.6. The fourth-order valence-electron chi connectivity index (χ4n) is 3.36. The van der Waals surface area contributed by atoms with Crippen molar-refractivity contribution in [2.45, 2.75) is 30.0 Å². The lowest BCUT2D eigenvalue weighted by Crippen LogP contribution is -2.52. The van der Waals surface area contributed by atoms with Gasteiger partial charge in [-0.05, 0) is 31.0 Å². The SMILES string of the molecule is O=S(=O)(c1cccc(C(F)(F)F)c1)N1CCCC(N2CCOCC2)C1. The summed E-state index contributed by atoms with van der Waals surface area (Å²) in [6.45, 7) is 3.38. The van der Waals surface area contributed by atoms with Crippen LogP contribution in [0.15, 0.2) is 29.2 Å². The average Bonchev–Trinajstić information content (AvgIpc) is 2.62. The molecule has 0 aliphatic carbocycles. The molecule has 0 amide bonds. The van der Waals surface area contributed by atoms with Crippen LogP contribution >= 0.6 is 0 Å². The molecule has 2 aliphatic heterocycles. The summed E-state index contributed by atoms with van der Waals surface area (Å²) >= 11 is 0. The van der Waals surface area contributed by atoms with E-state index < -0.39 is 21.8 Å². The largest absolute Gasteiger partial charge is 0.416 e. The molecule has 3 rings (SSSR count). The molecule has 5 nitrogen and oxygen atoms in total. The highest BCUT2D eigenvalue weighted by Gasteiger charge is 2.35. The predicted molar refractivity (Wildman–Crippen MR) is 85.6 cm³/mol. The number of nitrogens with zero attached hydrogens (tertiary/aromatic N) is 2. The number of hydrogen-bond acceptors (Lipinski definition) is 4. The van der Waals surface area contributed by atoms with E-state index in [9.17, 15) is 21.6 Å². The number of morpholine rings is 1. The third-order valence-electron chi connectivity index (χ3n) is 4.72. The van der Waals surface area contributed by atoms with Gasteiger partial charge in [-0.2, -0.15) is 17.5 Å². The van der Waals surface area contributed by atoms with E-state index in [2.05, 4.69) is 4.90 Å². The Bertz CT molecular complexity index is 703. The Kier molecular flexibility index (Phi) is 5.38. The molecule has 2 fully saturated rings. The van der Waals surface area contributed by atoms with E-state index >= 15 is 0 Å². The van der Waals surface area contributed by atoms with Crippen molar-refractivity contribution in [2.24, 2.45) is 0 Å². The summed E-state index contributed by atoms with van der Waals surface area (Å²) in [6, 6.07) is 4.04. The number of alkyl halides is 3. The maximum Gasteiger partial charge on any atom is 0.416 e. The highest BCUT2D eigenvalue weighted by molar-refractivity contribution is 7.89. The van der Waals surface area contributed by atoms with E-state index in [-0.39, 0.29) is 10.9 Å². The monoisotopic (exact) mass is 378 g/mol. The first-order valence-electron chi connectivity index (χ1n) is 8.28. The Morgan fingerprint density at radius 1 is 1.12 bits per heavy atom. The standard InChI is InChI=1S/C16H21F3N2O3S/c17-16(18,19)13-3-1-5-15(11-13)25(22,23)21-6-2-4-14(12-21)20-7-9-24-10-8-20/h1,3,5,11,14H,2,4,6-10,12H2. The van der Waals surface area contributed by atoms with E-state index in [0.29, 0.717) is 38.8 Å². The lowest BCUT2D eigenvalue weighted by atomic mass is 10.1. The number of piperidine rings is 1. The third-order valence-corrected chi connectivity index (χ3v) is 6.58. The number of benzene rings is 1. The molecular formula is C16H21F3N2O3S. The Morgan fingerprint density at radius 2 is 1.84 bits per heavy atom. The van der Waals surface area contributed by atoms with E-state index in [1.165, 1.54) is 10.4 Å². The van der Waals surface area contributed by atoms with Crippen molar-refractivity contribution in [3.63, 3.8) is 0 Å². The number of ether oxygens (including phenoxy) is 1. The van der Waals surface area contributed by atoms with Gasteiger partial charge in [-0.25, -0.2) is 8.42 Å². The van der Waals surface area contributed by atoms with E-state index in [4.69, 9.17) is 4.74 Å². The minimum Gasteiger partial charge on any atom is -0.379 e. The molecule has 25 heavy (non-hydrogen) atoms. The van der Waals surface area contributed by atoms with Crippen LogP contribution in [-0.2, 0) is 20.9 Å². The van der Waals surface area contributed by atoms with Gasteiger partial charge >= 0.3 is 6.18 Å². The van der Waals surface area contributed by atoms with Crippen LogP contribution in [0.2, 0.25) is 0 Å². The van der Waals surface area contributed by atoms with Crippen LogP contribution in [0.25, 0.3) is 0 Å². The van der Waals surface area contributed by atoms with Gasteiger partial charge in [0.05, 0.1) is 23.7 Å². The van der Waals surface area contributed by atoms with Gasteiger partial charge in [0.15, 0.2) is 0 Å². The fraction of sp³-hybridized carbons (Fsp3) is 0.625. The fourth-order valence-corrected chi connectivity index (χ4v) is 4.92. The van der Waals surface area contributed by atoms with Crippen molar-refractivity contribution in [1.29, 1.82) is 0 Å². The number of rotatable bonds is 3. The van der Waals surface area contributed by atoms with Crippen LogP contribution in [0, 0.1) is 0 Å². The van der Waals surface area contributed by atoms with Crippen molar-refractivity contribution in [1.82, 2.24) is 9.21 Å². The second kappa shape index (κ2) is 7.22. The Hall–Kier alpha value is -1.16. The van der Waals surface area contributed by atoms with Gasteiger partial charge in [-0.3, -0.25) is 4.90 Å². The number of halogens is 3. The van der Waals surface area contributed by atoms with Crippen molar-refractivity contribution in [3.05, 3.63) is 29.8 Å². The van der Waals surface area contributed by atoms with Gasteiger partial charge in [0.1, 0.15) is 0 Å². The van der Waals surface area contributed by atoms with Crippen molar-refractivity contribution in [3.8, 4) is 0 Å². The van der Waals surface area contributed by atoms with Gasteiger partial charge in [-0.15, -0.1) is 0 Å². The third kappa shape index (κ3) is 4.16. The quantitative estimate of drug-likeness (QED) is 0.809. The second-order valence-electron chi connectivity index (χ2n) is 6.33. The topological polar surface area (TPSA) is 49.9 Å². The molecule has 2 heterocycles. The van der Waals surface area contributed by atoms with Crippen LogP contribution in [0.3, 0.4) is 0 Å². The first-order valence-corrected chi connectivity index (χ1v) is 9.72. The highest BCUT2D eigenvalue weighted by Crippen LogP contribution is 2.32. The number of hydrogen-bond donors (Lipinski definition) is 0. The van der Waals surface area contributed by atoms with Crippen LogP contribution in [-0.4, -0.2) is 63.1 Å². The molecule has 140 valence electrons. The summed E-state index contributed by atoms with van der Waals surface area (Å²) in [5.41, 5.74) is -0.949. The highest BCUT2D eigenvalue weighted by atomic mass is 32.2. The summed E-state index contributed by atoms with van der Waals surface area (Å²) in [6.07, 6.45) is -2.99. The van der Waals surface area contributed by atoms with E-state index in [1.54, 1.807) is 0 Å². The van der Waals surface area contributed by atoms with Crippen molar-refractivity contribution >= 4 is 10.0 Å². The van der Waals surface area contributed by atoms with Gasteiger partial charge in [0.2, 0.25) is 10.0 Å². The molecule has 1 unspecified atom stereocenters. The number of sulfonamides is 1. The molecule has 1 atom stereocenters. The van der Waals surface area contributed by atoms with Crippen LogP contribution in [0.1, 0.15) is 18.4 Å². The molecule has 0 spiro atoms. The Labute approximate surface area is 145 Å². The normalized spacial score (nSPS) is 24.4. The molecular weight excluding hydrogens is 357 g/mol. The van der Waals surface area contributed by atoms with E-state index in [1.807, 2.05) is 0 Å². The molecule has 0 bridgehead atoms. The molecule has 1 aromatic rings. The summed E-state index contributed by atoms with van der Waals surface area (Å²) in [5, 5.41) is 0. The molecule has 2 saturated heterocycles. The summed E-state index contributed by atoms with van der Waals surface area (Å²) in [5.74, 6) is 0. The Balaban J connectivity index is 1.79. The lowest BCUT2D eigenvalue weighted by Gasteiger charge is -2.40. The van der Waals surface area contributed by atoms with Crippen LogP contribution in [0.5, 0.6) is 0 Å². The molecule has 0 aromatic heterocycles. The first-order chi connectivity index (χ1) is 11.8. The molecule has 0 saturated carbocycles. The van der Waals surface area contributed by atoms with Gasteiger partial charge in [0.25, 0.3) is 0 Å². The smallest absolute Gasteiger partial charge is 0.379 e. The predicted octanol–water partition coefficient (Wildman–Crippen LogP) is 2.19. The molecule has 2 aliphatic rings. The molecule has 0 N–H and O–H groups in total. The minimum atomic E-state index is -4.57. The molecule has 1 aromatic carbocycles. The summed E-state index contributed by atoms with van der Waals surface area (Å²) in [4.78, 5) is 1.90. The second-order valence-corrected chi connectivity index (χ2v) is 8.27. The minimum absolute atomic E-state index is 0.0817. The zero-order valence-electron chi connectivity index (χ0n) is 13.7. The zero-order valence-corrected chi connectivity index (χ0v) is 14.5. The summed E-state index contributed by atoms with van der Waals surface area (Å²) in [7, 11) is -3.94. The van der Waals surface area contributed by atoms with E-state index in [0.717, 1.165) is 31.6 Å². The van der Waals surface area contributed by atoms with Crippen LogP contribution in [0.4, 0.5) is 13.2 Å².